The summed E-state index contributed by atoms with van der Waals surface area (Å²) in [6.07, 6.45) is 0. The van der Waals surface area contributed by atoms with Gasteiger partial charge >= 0.3 is 5.97 Å². The highest BCUT2D eigenvalue weighted by Gasteiger charge is 2.22. The molecule has 0 unspecified atom stereocenters. The Morgan fingerprint density at radius 3 is 2.11 bits per heavy atom. The van der Waals surface area contributed by atoms with Crippen LogP contribution >= 0.6 is 0 Å². The number of carbonyl (C=O) groups excluding carboxylic acids is 1. The minimum Gasteiger partial charge on any atom is -0.507 e. The Kier molecular flexibility index (Phi) is 3.20. The molecule has 0 fully saturated rings. The van der Waals surface area contributed by atoms with Crippen molar-refractivity contribution in [3.63, 3.8) is 0 Å². The first kappa shape index (κ1) is 12.6. The number of hydrogen-bond donors (Lipinski definition) is 3. The maximum Gasteiger partial charge on any atom is 0.343 e. The standard InChI is InChI=1S/C14H10O5/c15-10-7-6-9(13(17)11(10)14(18)19)12(16)8-4-2-1-3-5-8/h1-7,15,17H,(H,18,19). The van der Waals surface area contributed by atoms with Crippen LogP contribution in [0, 0.1) is 0 Å². The quantitative estimate of drug-likeness (QED) is 0.732. The van der Waals surface area contributed by atoms with Crippen LogP contribution in [0.3, 0.4) is 0 Å². The fourth-order valence-electron chi connectivity index (χ4n) is 1.72. The zero-order valence-corrected chi connectivity index (χ0v) is 9.70. The van der Waals surface area contributed by atoms with E-state index in [0.29, 0.717) is 5.56 Å². The third-order valence-corrected chi connectivity index (χ3v) is 2.65. The van der Waals surface area contributed by atoms with Crippen LogP contribution in [0.5, 0.6) is 11.5 Å². The molecule has 0 radical (unpaired) electrons. The van der Waals surface area contributed by atoms with E-state index in [9.17, 15) is 19.8 Å². The molecule has 2 aromatic carbocycles. The van der Waals surface area contributed by atoms with E-state index in [1.165, 1.54) is 6.07 Å². The normalized spacial score (nSPS) is 10.1. The highest BCUT2D eigenvalue weighted by Crippen LogP contribution is 2.31. The topological polar surface area (TPSA) is 94.8 Å². The van der Waals surface area contributed by atoms with Gasteiger partial charge in [-0.3, -0.25) is 4.79 Å². The van der Waals surface area contributed by atoms with Gasteiger partial charge in [-0.2, -0.15) is 0 Å². The molecule has 19 heavy (non-hydrogen) atoms. The molecule has 0 aliphatic carbocycles. The lowest BCUT2D eigenvalue weighted by Gasteiger charge is -2.08. The lowest BCUT2D eigenvalue weighted by Crippen LogP contribution is -2.05. The largest absolute Gasteiger partial charge is 0.507 e. The lowest BCUT2D eigenvalue weighted by atomic mass is 9.99. The highest BCUT2D eigenvalue weighted by molar-refractivity contribution is 6.12. The molecular weight excluding hydrogens is 248 g/mol. The van der Waals surface area contributed by atoms with Crippen molar-refractivity contribution in [1.29, 1.82) is 0 Å². The highest BCUT2D eigenvalue weighted by atomic mass is 16.4. The molecule has 0 spiro atoms. The Hall–Kier alpha value is -2.82. The average Bonchev–Trinajstić information content (AvgIpc) is 2.39. The zero-order chi connectivity index (χ0) is 14.0. The fourth-order valence-corrected chi connectivity index (χ4v) is 1.72. The summed E-state index contributed by atoms with van der Waals surface area (Å²) in [6.45, 7) is 0. The van der Waals surface area contributed by atoms with Gasteiger partial charge < -0.3 is 15.3 Å². The van der Waals surface area contributed by atoms with Gasteiger partial charge in [-0.25, -0.2) is 4.79 Å². The third-order valence-electron chi connectivity index (χ3n) is 2.65. The van der Waals surface area contributed by atoms with Crippen LogP contribution in [0.15, 0.2) is 42.5 Å². The average molecular weight is 258 g/mol. The van der Waals surface area contributed by atoms with Gasteiger partial charge in [0.05, 0.1) is 5.56 Å². The van der Waals surface area contributed by atoms with Crippen molar-refractivity contribution in [3.05, 3.63) is 59.2 Å². The van der Waals surface area contributed by atoms with Crippen LogP contribution in [0.4, 0.5) is 0 Å². The molecule has 2 rings (SSSR count). The van der Waals surface area contributed by atoms with Gasteiger partial charge in [0.25, 0.3) is 0 Å². The number of hydrogen-bond acceptors (Lipinski definition) is 4. The Bertz CT molecular complexity index is 646. The molecular formula is C14H10O5. The second kappa shape index (κ2) is 4.81. The molecule has 0 aliphatic heterocycles. The maximum absolute atomic E-state index is 12.1. The number of ketones is 1. The summed E-state index contributed by atoms with van der Waals surface area (Å²) in [5.41, 5.74) is -0.525. The fraction of sp³-hybridized carbons (Fsp3) is 0. The number of aromatic carboxylic acids is 1. The Morgan fingerprint density at radius 2 is 1.53 bits per heavy atom. The Balaban J connectivity index is 2.56. The Morgan fingerprint density at radius 1 is 0.895 bits per heavy atom. The van der Waals surface area contributed by atoms with Gasteiger partial charge in [0.1, 0.15) is 17.1 Å². The van der Waals surface area contributed by atoms with E-state index >= 15 is 0 Å². The molecule has 0 saturated heterocycles. The van der Waals surface area contributed by atoms with Crippen molar-refractivity contribution < 1.29 is 24.9 Å². The summed E-state index contributed by atoms with van der Waals surface area (Å²) in [4.78, 5) is 23.0. The van der Waals surface area contributed by atoms with Crippen LogP contribution in [-0.4, -0.2) is 27.1 Å². The van der Waals surface area contributed by atoms with Gasteiger partial charge in [-0.05, 0) is 12.1 Å². The first-order chi connectivity index (χ1) is 9.02. The summed E-state index contributed by atoms with van der Waals surface area (Å²) in [5.74, 6) is -3.34. The molecule has 5 heteroatoms. The van der Waals surface area contributed by atoms with E-state index in [2.05, 4.69) is 0 Å². The van der Waals surface area contributed by atoms with Gasteiger partial charge in [-0.1, -0.05) is 30.3 Å². The predicted molar refractivity (Wildman–Crippen MR) is 66.6 cm³/mol. The lowest BCUT2D eigenvalue weighted by molar-refractivity contribution is 0.0690. The summed E-state index contributed by atoms with van der Waals surface area (Å²) >= 11 is 0. The van der Waals surface area contributed by atoms with E-state index < -0.39 is 28.8 Å². The molecule has 0 bridgehead atoms. The summed E-state index contributed by atoms with van der Waals surface area (Å²) in [5, 5.41) is 28.1. The second-order valence-corrected chi connectivity index (χ2v) is 3.86. The number of benzene rings is 2. The summed E-state index contributed by atoms with van der Waals surface area (Å²) < 4.78 is 0. The number of rotatable bonds is 3. The minimum atomic E-state index is -1.50. The smallest absolute Gasteiger partial charge is 0.343 e. The van der Waals surface area contributed by atoms with Gasteiger partial charge in [-0.15, -0.1) is 0 Å². The first-order valence-corrected chi connectivity index (χ1v) is 5.40. The molecule has 0 heterocycles. The molecule has 2 aromatic rings. The molecule has 5 nitrogen and oxygen atoms in total. The van der Waals surface area contributed by atoms with E-state index in [0.717, 1.165) is 6.07 Å². The van der Waals surface area contributed by atoms with Crippen LogP contribution in [0.2, 0.25) is 0 Å². The first-order valence-electron chi connectivity index (χ1n) is 5.40. The van der Waals surface area contributed by atoms with Crippen LogP contribution < -0.4 is 0 Å². The number of carbonyl (C=O) groups is 2. The van der Waals surface area contributed by atoms with E-state index in [-0.39, 0.29) is 5.56 Å². The van der Waals surface area contributed by atoms with Gasteiger partial charge in [0, 0.05) is 5.56 Å². The Labute approximate surface area is 108 Å². The van der Waals surface area contributed by atoms with Crippen molar-refractivity contribution in [2.75, 3.05) is 0 Å². The van der Waals surface area contributed by atoms with Crippen molar-refractivity contribution in [2.45, 2.75) is 0 Å². The zero-order valence-electron chi connectivity index (χ0n) is 9.70. The number of carboxylic acids is 1. The molecule has 0 aromatic heterocycles. The number of carboxylic acid groups (broad SMARTS) is 1. The monoisotopic (exact) mass is 258 g/mol. The number of aromatic hydroxyl groups is 2. The predicted octanol–water partition coefficient (Wildman–Crippen LogP) is 2.03. The van der Waals surface area contributed by atoms with Gasteiger partial charge in [0.2, 0.25) is 0 Å². The van der Waals surface area contributed by atoms with Crippen molar-refractivity contribution >= 4 is 11.8 Å². The minimum absolute atomic E-state index is 0.165. The molecule has 0 saturated carbocycles. The van der Waals surface area contributed by atoms with Crippen LogP contribution in [-0.2, 0) is 0 Å². The molecule has 0 amide bonds. The molecule has 0 atom stereocenters. The van der Waals surface area contributed by atoms with E-state index in [1.807, 2.05) is 0 Å². The maximum atomic E-state index is 12.1. The van der Waals surface area contributed by atoms with Crippen LogP contribution in [0.1, 0.15) is 26.3 Å². The van der Waals surface area contributed by atoms with E-state index in [1.54, 1.807) is 30.3 Å². The SMILES string of the molecule is O=C(c1ccccc1)c1ccc(O)c(C(=O)O)c1O. The molecule has 0 aliphatic rings. The summed E-state index contributed by atoms with van der Waals surface area (Å²) in [7, 11) is 0. The summed E-state index contributed by atoms with van der Waals surface area (Å²) in [6, 6.07) is 10.4. The van der Waals surface area contributed by atoms with Crippen molar-refractivity contribution in [1.82, 2.24) is 0 Å². The third kappa shape index (κ3) is 2.26. The molecule has 96 valence electrons. The van der Waals surface area contributed by atoms with Crippen molar-refractivity contribution in [2.24, 2.45) is 0 Å². The number of phenols is 2. The van der Waals surface area contributed by atoms with E-state index in [4.69, 9.17) is 5.11 Å². The van der Waals surface area contributed by atoms with Crippen LogP contribution in [0.25, 0.3) is 0 Å². The second-order valence-electron chi connectivity index (χ2n) is 3.86. The van der Waals surface area contributed by atoms with Gasteiger partial charge in [0.15, 0.2) is 5.78 Å². The van der Waals surface area contributed by atoms with Crippen molar-refractivity contribution in [3.8, 4) is 11.5 Å². The molecule has 3 N–H and O–H groups in total.